The van der Waals surface area contributed by atoms with Gasteiger partial charge in [0.2, 0.25) is 0 Å². The summed E-state index contributed by atoms with van der Waals surface area (Å²) >= 11 is 0. The van der Waals surface area contributed by atoms with Crippen molar-refractivity contribution in [2.45, 2.75) is 10.8 Å². The number of nitrogens with zero attached hydrogens (tertiary/aromatic N) is 3. The van der Waals surface area contributed by atoms with E-state index in [9.17, 15) is 0 Å². The van der Waals surface area contributed by atoms with Crippen molar-refractivity contribution in [2.24, 2.45) is 0 Å². The smallest absolute Gasteiger partial charge is 0.135 e. The molecule has 4 nitrogen and oxygen atoms in total. The van der Waals surface area contributed by atoms with E-state index in [2.05, 4.69) is 507 Å². The van der Waals surface area contributed by atoms with Gasteiger partial charge in [-0.1, -0.05) is 377 Å². The maximum Gasteiger partial charge on any atom is 0.135 e. The molecule has 2 aromatic heterocycles. The number of anilines is 6. The van der Waals surface area contributed by atoms with Gasteiger partial charge in [-0.2, -0.15) is 0 Å². The summed E-state index contributed by atoms with van der Waals surface area (Å²) in [5.74, 6) is 0. The third-order valence-corrected chi connectivity index (χ3v) is 29.0. The van der Waals surface area contributed by atoms with Gasteiger partial charge in [-0.15, -0.1) is 0 Å². The lowest BCUT2D eigenvalue weighted by Gasteiger charge is -2.32. The monoisotopic (exact) mass is 1730 g/mol. The molecule has 0 aliphatic heterocycles. The van der Waals surface area contributed by atoms with E-state index in [1.165, 1.54) is 155 Å². The summed E-state index contributed by atoms with van der Waals surface area (Å²) in [6.07, 6.45) is 3.86. The molecular formula is C132H87N3O. The SMILES string of the molecule is C=Cc1cccc(-c2ccc3c(c2)C2(c4ccccc4-3)c3ccccc3-c3ccc(N(c4ccc(-c5ccccc5)cc4)c4ccc(-c5ccc6oc7ccccc7c6c5)cc4)cc32)c1.C=Cc1cccc(-c2ccc3c(c2)C2(c4ccccc4-3)c3ccccc3-c3ccc(N(c4ccc(-c5ccccc5)cc4)c4cccc(-c5ccc6c7ccccc7n(-c7ccccc7)c6c5)c4)cc32)c1. The second-order valence-electron chi connectivity index (χ2n) is 36.1. The third kappa shape index (κ3) is 12.6. The predicted octanol–water partition coefficient (Wildman–Crippen LogP) is 35.3. The van der Waals surface area contributed by atoms with Gasteiger partial charge in [0.25, 0.3) is 0 Å². The Balaban J connectivity index is 0.000000142. The lowest BCUT2D eigenvalue weighted by Crippen LogP contribution is -2.26. The summed E-state index contributed by atoms with van der Waals surface area (Å²) in [5, 5.41) is 4.75. The molecule has 21 aromatic carbocycles. The van der Waals surface area contributed by atoms with Gasteiger partial charge in [-0.3, -0.25) is 0 Å². The van der Waals surface area contributed by atoms with Crippen LogP contribution in [0.3, 0.4) is 0 Å². The Morgan fingerprint density at radius 3 is 1.01 bits per heavy atom. The van der Waals surface area contributed by atoms with E-state index in [0.717, 1.165) is 95.1 Å². The first-order chi connectivity index (χ1) is 67.3. The Hall–Kier alpha value is -17.7. The van der Waals surface area contributed by atoms with Crippen molar-refractivity contribution in [2.75, 3.05) is 9.80 Å². The molecule has 0 amide bonds. The Bertz CT molecular complexity index is 8730. The standard InChI is InChI=1S/C69H46N2.C63H41NO/c1-2-46-17-15-20-49(41-46)51-33-38-59-57-25-9-12-28-63(57)69(65(59)43-51)64-29-13-10-26-58(64)60-40-37-56(45-66(60)69)70(54-35-31-48(32-36-54)47-18-5-3-6-19-47)55-24-16-21-50(42-55)52-34-39-62-61-27-11-14-30-67(61)71(68(62)44-52)53-22-7-4-8-23-53;1-2-41-13-12-16-45(37-41)47-27-34-53-51-17-6-9-20-57(51)63(59(53)39-47)58-21-10-7-18-52(58)54-35-33-50(40-60(54)63)64(48-29-23-43(24-30-48)42-14-4-3-5-15-42)49-31-25-44(26-32-49)46-28-36-62-56(38-46)55-19-8-11-22-61(55)65-62/h2-45H,1H2;2-40H,1H2. The molecule has 4 heteroatoms. The van der Waals surface area contributed by atoms with Gasteiger partial charge < -0.3 is 18.8 Å². The highest BCUT2D eigenvalue weighted by Crippen LogP contribution is 2.66. The minimum atomic E-state index is -0.544. The number of hydrogen-bond acceptors (Lipinski definition) is 3. The van der Waals surface area contributed by atoms with Crippen LogP contribution in [0.1, 0.15) is 55.6 Å². The van der Waals surface area contributed by atoms with Crippen molar-refractivity contribution >= 4 is 90.0 Å². The van der Waals surface area contributed by atoms with Crippen molar-refractivity contribution in [1.82, 2.24) is 4.57 Å². The molecule has 2 unspecified atom stereocenters. The highest BCUT2D eigenvalue weighted by atomic mass is 16.3. The van der Waals surface area contributed by atoms with Crippen LogP contribution in [0.5, 0.6) is 0 Å². The number of para-hydroxylation sites is 3. The van der Waals surface area contributed by atoms with Crippen molar-refractivity contribution in [3.05, 3.63) is 560 Å². The normalized spacial score (nSPS) is 14.1. The fourth-order valence-electron chi connectivity index (χ4n) is 22.9. The summed E-state index contributed by atoms with van der Waals surface area (Å²) in [4.78, 5) is 4.87. The lowest BCUT2D eigenvalue weighted by molar-refractivity contribution is 0.669. The fraction of sp³-hybridized carbons (Fsp3) is 0.0152. The molecule has 2 heterocycles. The van der Waals surface area contributed by atoms with Crippen molar-refractivity contribution in [1.29, 1.82) is 0 Å². The summed E-state index contributed by atoms with van der Waals surface area (Å²) < 4.78 is 8.58. The number of aromatic nitrogens is 1. The van der Waals surface area contributed by atoms with Crippen LogP contribution in [0, 0.1) is 0 Å². The Kier molecular flexibility index (Phi) is 18.7. The molecule has 4 aliphatic rings. The number of fused-ring (bicyclic) bond motifs is 26. The molecule has 0 N–H and O–H groups in total. The number of benzene rings is 21. The minimum Gasteiger partial charge on any atom is -0.456 e. The van der Waals surface area contributed by atoms with Gasteiger partial charge in [0.1, 0.15) is 11.2 Å². The van der Waals surface area contributed by atoms with Crippen LogP contribution in [-0.4, -0.2) is 4.57 Å². The molecule has 0 saturated carbocycles. The van der Waals surface area contributed by atoms with Gasteiger partial charge in [0, 0.05) is 61.4 Å². The predicted molar refractivity (Wildman–Crippen MR) is 569 cm³/mol. The van der Waals surface area contributed by atoms with E-state index < -0.39 is 10.8 Å². The molecule has 23 aromatic rings. The number of hydrogen-bond donors (Lipinski definition) is 0. The zero-order chi connectivity index (χ0) is 90.1. The molecule has 2 atom stereocenters. The van der Waals surface area contributed by atoms with E-state index in [0.29, 0.717) is 0 Å². The van der Waals surface area contributed by atoms with Crippen molar-refractivity contribution < 1.29 is 4.42 Å². The second kappa shape index (κ2) is 32.1. The van der Waals surface area contributed by atoms with Gasteiger partial charge in [-0.05, 0) is 306 Å². The van der Waals surface area contributed by atoms with Gasteiger partial charge in [0.15, 0.2) is 0 Å². The summed E-state index contributed by atoms with van der Waals surface area (Å²) in [6.45, 7) is 8.16. The molecule has 0 saturated heterocycles. The lowest BCUT2D eigenvalue weighted by atomic mass is 9.70. The average Bonchev–Trinajstić information content (AvgIpc) is 1.51. The maximum atomic E-state index is 6.18. The molecule has 4 aliphatic carbocycles. The highest BCUT2D eigenvalue weighted by molar-refractivity contribution is 6.11. The molecule has 2 spiro atoms. The summed E-state index contributed by atoms with van der Waals surface area (Å²) in [6, 6.07) is 181. The first kappa shape index (κ1) is 79.3. The molecule has 0 bridgehead atoms. The van der Waals surface area contributed by atoms with Gasteiger partial charge in [0.05, 0.1) is 21.9 Å². The molecule has 0 fully saturated rings. The van der Waals surface area contributed by atoms with Crippen LogP contribution in [0.25, 0.3) is 173 Å². The third-order valence-electron chi connectivity index (χ3n) is 29.0. The second-order valence-corrected chi connectivity index (χ2v) is 36.1. The Labute approximate surface area is 791 Å². The molecule has 136 heavy (non-hydrogen) atoms. The quantitative estimate of drug-likeness (QED) is 0.102. The van der Waals surface area contributed by atoms with Crippen molar-refractivity contribution in [3.8, 4) is 117 Å². The zero-order valence-electron chi connectivity index (χ0n) is 74.6. The van der Waals surface area contributed by atoms with Crippen LogP contribution in [0.15, 0.2) is 509 Å². The van der Waals surface area contributed by atoms with E-state index in [1.54, 1.807) is 0 Å². The van der Waals surface area contributed by atoms with E-state index in [4.69, 9.17) is 4.42 Å². The van der Waals surface area contributed by atoms with Crippen molar-refractivity contribution in [3.63, 3.8) is 0 Å². The van der Waals surface area contributed by atoms with Crippen LogP contribution >= 0.6 is 0 Å². The molecule has 636 valence electrons. The summed E-state index contributed by atoms with van der Waals surface area (Å²) in [5.41, 5.74) is 47.9. The maximum absolute atomic E-state index is 6.18. The topological polar surface area (TPSA) is 24.6 Å². The number of furan rings is 1. The Morgan fingerprint density at radius 1 is 0.191 bits per heavy atom. The van der Waals surface area contributed by atoms with E-state index in [-0.39, 0.29) is 0 Å². The largest absolute Gasteiger partial charge is 0.456 e. The molecule has 0 radical (unpaired) electrons. The zero-order valence-corrected chi connectivity index (χ0v) is 74.6. The fourth-order valence-corrected chi connectivity index (χ4v) is 22.9. The van der Waals surface area contributed by atoms with E-state index >= 15 is 0 Å². The van der Waals surface area contributed by atoms with Crippen LogP contribution < -0.4 is 9.80 Å². The minimum absolute atomic E-state index is 0.525. The molecule has 27 rings (SSSR count). The summed E-state index contributed by atoms with van der Waals surface area (Å²) in [7, 11) is 0. The van der Waals surface area contributed by atoms with Gasteiger partial charge >= 0.3 is 0 Å². The van der Waals surface area contributed by atoms with Gasteiger partial charge in [-0.25, -0.2) is 0 Å². The number of rotatable bonds is 15. The highest BCUT2D eigenvalue weighted by Gasteiger charge is 2.54. The Morgan fingerprint density at radius 2 is 0.507 bits per heavy atom. The van der Waals surface area contributed by atoms with Crippen LogP contribution in [0.2, 0.25) is 0 Å². The molecular weight excluding hydrogens is 1640 g/mol. The first-order valence-electron chi connectivity index (χ1n) is 46.9. The van der Waals surface area contributed by atoms with Crippen LogP contribution in [0.4, 0.5) is 34.1 Å². The first-order valence-corrected chi connectivity index (χ1v) is 46.9. The van der Waals surface area contributed by atoms with Crippen LogP contribution in [-0.2, 0) is 10.8 Å². The average molecular weight is 1730 g/mol. The van der Waals surface area contributed by atoms with E-state index in [1.807, 2.05) is 24.3 Å².